The number of piperazine rings is 1. The Balaban J connectivity index is 1.50. The second-order valence-electron chi connectivity index (χ2n) is 7.08. The summed E-state index contributed by atoms with van der Waals surface area (Å²) in [7, 11) is -1.56. The Bertz CT molecular complexity index is 944. The fraction of sp³-hybridized carbons (Fsp3) is 0.421. The minimum Gasteiger partial charge on any atom is -0.490 e. The molecule has 2 aromatic rings. The van der Waals surface area contributed by atoms with Crippen LogP contribution in [-0.4, -0.2) is 62.4 Å². The molecule has 9 heteroatoms. The van der Waals surface area contributed by atoms with Gasteiger partial charge in [-0.2, -0.15) is 4.31 Å². The molecule has 1 fully saturated rings. The number of hydrogen-bond acceptors (Lipinski definition) is 6. The molecule has 1 aromatic heterocycles. The van der Waals surface area contributed by atoms with Crippen molar-refractivity contribution in [2.45, 2.75) is 17.4 Å². The molecule has 0 unspecified atom stereocenters. The van der Waals surface area contributed by atoms with Gasteiger partial charge in [0.05, 0.1) is 12.6 Å². The van der Waals surface area contributed by atoms with Crippen molar-refractivity contribution in [2.24, 2.45) is 0 Å². The lowest BCUT2D eigenvalue weighted by Gasteiger charge is -2.31. The summed E-state index contributed by atoms with van der Waals surface area (Å²) in [6, 6.07) is 7.91. The van der Waals surface area contributed by atoms with E-state index in [0.717, 1.165) is 5.56 Å². The largest absolute Gasteiger partial charge is 0.490 e. The van der Waals surface area contributed by atoms with Gasteiger partial charge >= 0.3 is 0 Å². The van der Waals surface area contributed by atoms with Crippen molar-refractivity contribution < 1.29 is 17.5 Å². The average Bonchev–Trinajstić information content (AvgIpc) is 2.70. The summed E-state index contributed by atoms with van der Waals surface area (Å²) < 4.78 is 46.4. The van der Waals surface area contributed by atoms with Gasteiger partial charge in [-0.15, -0.1) is 0 Å². The zero-order chi connectivity index (χ0) is 19.7. The molecule has 28 heavy (non-hydrogen) atoms. The van der Waals surface area contributed by atoms with Crippen LogP contribution in [0.5, 0.6) is 5.75 Å². The van der Waals surface area contributed by atoms with Crippen LogP contribution in [0.2, 0.25) is 0 Å². The number of aromatic nitrogens is 1. The average molecular weight is 406 g/mol. The number of nitrogens with one attached hydrogen (secondary N) is 1. The van der Waals surface area contributed by atoms with Crippen LogP contribution in [0.1, 0.15) is 18.0 Å². The van der Waals surface area contributed by atoms with Crippen LogP contribution in [0.3, 0.4) is 0 Å². The van der Waals surface area contributed by atoms with Gasteiger partial charge in [-0.3, -0.25) is 0 Å². The zero-order valence-electron chi connectivity index (χ0n) is 15.6. The Morgan fingerprint density at radius 2 is 1.96 bits per heavy atom. The van der Waals surface area contributed by atoms with Crippen LogP contribution in [-0.2, 0) is 10.0 Å². The number of sulfonamides is 1. The number of pyridine rings is 1. The van der Waals surface area contributed by atoms with Crippen molar-refractivity contribution >= 4 is 15.8 Å². The van der Waals surface area contributed by atoms with Gasteiger partial charge in [-0.05, 0) is 25.2 Å². The first kappa shape index (κ1) is 19.1. The van der Waals surface area contributed by atoms with Gasteiger partial charge in [0.15, 0.2) is 11.6 Å². The SMILES string of the molecule is CN1CCN(S(=O)(=O)c2ccc(N[C@H]3CCOc4c(F)cccc43)nc2)CC1. The molecule has 3 heterocycles. The second kappa shape index (κ2) is 7.65. The van der Waals surface area contributed by atoms with Crippen LogP contribution in [0.4, 0.5) is 10.2 Å². The third-order valence-electron chi connectivity index (χ3n) is 5.18. The van der Waals surface area contributed by atoms with Crippen LogP contribution in [0, 0.1) is 5.82 Å². The Kier molecular flexibility index (Phi) is 5.22. The molecule has 0 bridgehead atoms. The van der Waals surface area contributed by atoms with E-state index in [0.29, 0.717) is 45.0 Å². The van der Waals surface area contributed by atoms with E-state index in [4.69, 9.17) is 4.74 Å². The maximum absolute atomic E-state index is 13.9. The normalized spacial score (nSPS) is 21.0. The monoisotopic (exact) mass is 406 g/mol. The Morgan fingerprint density at radius 3 is 2.68 bits per heavy atom. The van der Waals surface area contributed by atoms with Crippen molar-refractivity contribution in [2.75, 3.05) is 45.2 Å². The fourth-order valence-electron chi connectivity index (χ4n) is 3.51. The van der Waals surface area contributed by atoms with E-state index in [-0.39, 0.29) is 22.5 Å². The summed E-state index contributed by atoms with van der Waals surface area (Å²) >= 11 is 0. The molecule has 1 N–H and O–H groups in total. The summed E-state index contributed by atoms with van der Waals surface area (Å²) in [6.45, 7) is 2.78. The number of likely N-dealkylation sites (N-methyl/N-ethyl adjacent to an activating group) is 1. The lowest BCUT2D eigenvalue weighted by atomic mass is 10.0. The molecule has 1 saturated heterocycles. The molecule has 0 radical (unpaired) electrons. The predicted molar refractivity (Wildman–Crippen MR) is 103 cm³/mol. The van der Waals surface area contributed by atoms with Crippen molar-refractivity contribution in [3.8, 4) is 5.75 Å². The Hall–Kier alpha value is -2.23. The lowest BCUT2D eigenvalue weighted by molar-refractivity contribution is 0.222. The van der Waals surface area contributed by atoms with Gasteiger partial charge in [-0.25, -0.2) is 17.8 Å². The number of rotatable bonds is 4. The third-order valence-corrected chi connectivity index (χ3v) is 7.07. The standard InChI is InChI=1S/C19H23FN4O3S/c1-23-8-10-24(11-9-23)28(25,26)14-5-6-18(21-13-14)22-17-7-12-27-19-15(17)3-2-4-16(19)20/h2-6,13,17H,7-12H2,1H3,(H,21,22)/t17-/m0/s1. The number of fused-ring (bicyclic) bond motifs is 1. The minimum absolute atomic E-state index is 0.146. The second-order valence-corrected chi connectivity index (χ2v) is 9.02. The first-order valence-electron chi connectivity index (χ1n) is 9.27. The van der Waals surface area contributed by atoms with Crippen LogP contribution in [0.15, 0.2) is 41.4 Å². The molecule has 2 aliphatic rings. The zero-order valence-corrected chi connectivity index (χ0v) is 16.5. The number of para-hydroxylation sites is 1. The molecule has 1 aromatic carbocycles. The van der Waals surface area contributed by atoms with Gasteiger partial charge in [-0.1, -0.05) is 12.1 Å². The highest BCUT2D eigenvalue weighted by atomic mass is 32.2. The van der Waals surface area contributed by atoms with E-state index in [2.05, 4.69) is 15.2 Å². The Morgan fingerprint density at radius 1 is 1.18 bits per heavy atom. The number of benzene rings is 1. The third kappa shape index (κ3) is 3.69. The molecule has 1 atom stereocenters. The summed E-state index contributed by atoms with van der Waals surface area (Å²) in [6.07, 6.45) is 2.04. The molecule has 7 nitrogen and oxygen atoms in total. The van der Waals surface area contributed by atoms with Crippen LogP contribution >= 0.6 is 0 Å². The molecule has 0 saturated carbocycles. The van der Waals surface area contributed by atoms with Gasteiger partial charge in [0.2, 0.25) is 10.0 Å². The first-order chi connectivity index (χ1) is 13.4. The molecule has 0 amide bonds. The van der Waals surface area contributed by atoms with Gasteiger partial charge in [0.1, 0.15) is 10.7 Å². The smallest absolute Gasteiger partial charge is 0.244 e. The van der Waals surface area contributed by atoms with Gasteiger partial charge in [0.25, 0.3) is 0 Å². The summed E-state index contributed by atoms with van der Waals surface area (Å²) in [5.41, 5.74) is 0.738. The highest BCUT2D eigenvalue weighted by Gasteiger charge is 2.28. The highest BCUT2D eigenvalue weighted by Crippen LogP contribution is 2.35. The minimum atomic E-state index is -3.54. The van der Waals surface area contributed by atoms with Crippen molar-refractivity contribution in [3.05, 3.63) is 47.9 Å². The highest BCUT2D eigenvalue weighted by molar-refractivity contribution is 7.89. The molecular weight excluding hydrogens is 383 g/mol. The number of hydrogen-bond donors (Lipinski definition) is 1. The molecule has 150 valence electrons. The van der Waals surface area contributed by atoms with E-state index in [9.17, 15) is 12.8 Å². The number of halogens is 1. The van der Waals surface area contributed by atoms with Gasteiger partial charge in [0, 0.05) is 44.4 Å². The van der Waals surface area contributed by atoms with Crippen molar-refractivity contribution in [1.29, 1.82) is 0 Å². The Labute approximate surface area is 164 Å². The fourth-order valence-corrected chi connectivity index (χ4v) is 4.88. The van der Waals surface area contributed by atoms with Crippen LogP contribution in [0.25, 0.3) is 0 Å². The molecule has 0 aliphatic carbocycles. The number of nitrogens with zero attached hydrogens (tertiary/aromatic N) is 3. The van der Waals surface area contributed by atoms with E-state index >= 15 is 0 Å². The van der Waals surface area contributed by atoms with E-state index in [1.165, 1.54) is 16.6 Å². The maximum Gasteiger partial charge on any atom is 0.244 e. The lowest BCUT2D eigenvalue weighted by Crippen LogP contribution is -2.47. The number of anilines is 1. The predicted octanol–water partition coefficient (Wildman–Crippen LogP) is 2.09. The van der Waals surface area contributed by atoms with Crippen molar-refractivity contribution in [1.82, 2.24) is 14.2 Å². The topological polar surface area (TPSA) is 74.8 Å². The summed E-state index contributed by atoms with van der Waals surface area (Å²) in [5, 5.41) is 3.26. The summed E-state index contributed by atoms with van der Waals surface area (Å²) in [4.78, 5) is 6.57. The molecule has 0 spiro atoms. The number of ether oxygens (including phenoxy) is 1. The van der Waals surface area contributed by atoms with E-state index in [1.54, 1.807) is 18.2 Å². The summed E-state index contributed by atoms with van der Waals surface area (Å²) in [5.74, 6) is 0.422. The van der Waals surface area contributed by atoms with Crippen LogP contribution < -0.4 is 10.1 Å². The van der Waals surface area contributed by atoms with Gasteiger partial charge < -0.3 is 15.0 Å². The quantitative estimate of drug-likeness (QED) is 0.838. The maximum atomic E-state index is 13.9. The molecule has 4 rings (SSSR count). The van der Waals surface area contributed by atoms with E-state index < -0.39 is 10.0 Å². The molecular formula is C19H23FN4O3S. The molecule has 2 aliphatic heterocycles. The van der Waals surface area contributed by atoms with Crippen molar-refractivity contribution in [3.63, 3.8) is 0 Å². The van der Waals surface area contributed by atoms with E-state index in [1.807, 2.05) is 13.1 Å². The first-order valence-corrected chi connectivity index (χ1v) is 10.7.